The van der Waals surface area contributed by atoms with Crippen LogP contribution in [0.5, 0.6) is 0 Å². The van der Waals surface area contributed by atoms with Crippen LogP contribution in [0.4, 0.5) is 0 Å². The predicted octanol–water partition coefficient (Wildman–Crippen LogP) is 2.52. The summed E-state index contributed by atoms with van der Waals surface area (Å²) in [5.74, 6) is -0.326. The zero-order valence-electron chi connectivity index (χ0n) is 17.6. The Morgan fingerprint density at radius 1 is 0.897 bits per heavy atom. The summed E-state index contributed by atoms with van der Waals surface area (Å²) in [6.45, 7) is 10.6. The number of carbonyl (C=O) groups is 1. The fourth-order valence-electron chi connectivity index (χ4n) is 3.67. The molecule has 0 spiro atoms. The van der Waals surface area contributed by atoms with Gasteiger partial charge in [0.25, 0.3) is 0 Å². The number of ether oxygens (including phenoxy) is 1. The highest BCUT2D eigenvalue weighted by molar-refractivity contribution is 5.81. The molecule has 0 aromatic heterocycles. The van der Waals surface area contributed by atoms with Crippen molar-refractivity contribution in [3.63, 3.8) is 0 Å². The lowest BCUT2D eigenvalue weighted by Crippen LogP contribution is -3.00. The Morgan fingerprint density at radius 3 is 1.90 bits per heavy atom. The maximum Gasteiger partial charge on any atom is 0.330 e. The van der Waals surface area contributed by atoms with E-state index in [0.29, 0.717) is 6.61 Å². The van der Waals surface area contributed by atoms with Gasteiger partial charge in [-0.25, -0.2) is 4.79 Å². The van der Waals surface area contributed by atoms with Crippen molar-refractivity contribution in [2.24, 2.45) is 0 Å². The van der Waals surface area contributed by atoms with Gasteiger partial charge in [-0.15, -0.1) is 0 Å². The van der Waals surface area contributed by atoms with E-state index < -0.39 is 0 Å². The molecule has 4 heteroatoms. The lowest BCUT2D eigenvalue weighted by molar-refractivity contribution is -0.952. The van der Waals surface area contributed by atoms with Gasteiger partial charge in [-0.3, -0.25) is 0 Å². The highest BCUT2D eigenvalue weighted by Crippen LogP contribution is 2.21. The van der Waals surface area contributed by atoms with Gasteiger partial charge in [0.05, 0.1) is 19.7 Å². The summed E-state index contributed by atoms with van der Waals surface area (Å²) in [6, 6.07) is 21.6. The smallest absolute Gasteiger partial charge is 0.330 e. The normalized spacial score (nSPS) is 10.8. The molecular formula is C25H34FNO2. The van der Waals surface area contributed by atoms with Crippen LogP contribution in [0.2, 0.25) is 0 Å². The molecule has 0 bridgehead atoms. The van der Waals surface area contributed by atoms with Gasteiger partial charge in [0.2, 0.25) is 0 Å². The number of halogens is 1. The molecule has 0 unspecified atom stereocenters. The minimum Gasteiger partial charge on any atom is -1.00 e. The molecule has 2 aromatic carbocycles. The summed E-state index contributed by atoms with van der Waals surface area (Å²) in [4.78, 5) is 11.1. The van der Waals surface area contributed by atoms with E-state index in [0.717, 1.165) is 49.9 Å². The summed E-state index contributed by atoms with van der Waals surface area (Å²) in [5, 5.41) is 0. The van der Waals surface area contributed by atoms with Gasteiger partial charge in [-0.05, 0) is 32.6 Å². The molecule has 2 rings (SSSR count). The highest BCUT2D eigenvalue weighted by atomic mass is 19.0. The van der Waals surface area contributed by atoms with Gasteiger partial charge >= 0.3 is 5.97 Å². The Morgan fingerprint density at radius 2 is 1.41 bits per heavy atom. The van der Waals surface area contributed by atoms with Crippen molar-refractivity contribution in [1.82, 2.24) is 0 Å². The molecule has 0 radical (unpaired) electrons. The van der Waals surface area contributed by atoms with Gasteiger partial charge in [0, 0.05) is 17.2 Å². The lowest BCUT2D eigenvalue weighted by atomic mass is 10.1. The van der Waals surface area contributed by atoms with Crippen LogP contribution >= 0.6 is 0 Å². The van der Waals surface area contributed by atoms with Crippen LogP contribution < -0.4 is 4.70 Å². The van der Waals surface area contributed by atoms with Crippen LogP contribution in [0.1, 0.15) is 43.7 Å². The first-order chi connectivity index (χ1) is 13.7. The van der Waals surface area contributed by atoms with Crippen LogP contribution in [0.3, 0.4) is 0 Å². The largest absolute Gasteiger partial charge is 1.00 e. The van der Waals surface area contributed by atoms with Crippen molar-refractivity contribution < 1.29 is 18.7 Å². The first-order valence-electron chi connectivity index (χ1n) is 10.4. The van der Waals surface area contributed by atoms with E-state index in [1.54, 1.807) is 0 Å². The van der Waals surface area contributed by atoms with Gasteiger partial charge < -0.3 is 13.9 Å². The van der Waals surface area contributed by atoms with Crippen molar-refractivity contribution in [3.05, 3.63) is 84.4 Å². The van der Waals surface area contributed by atoms with E-state index >= 15 is 0 Å². The van der Waals surface area contributed by atoms with E-state index in [-0.39, 0.29) is 10.7 Å². The molecule has 0 aliphatic carbocycles. The summed E-state index contributed by atoms with van der Waals surface area (Å²) < 4.78 is 6.13. The second-order valence-corrected chi connectivity index (χ2v) is 7.45. The molecule has 3 nitrogen and oxygen atoms in total. The monoisotopic (exact) mass is 399 g/mol. The fourth-order valence-corrected chi connectivity index (χ4v) is 3.67. The first-order valence-corrected chi connectivity index (χ1v) is 10.4. The molecule has 0 fully saturated rings. The molecular weight excluding hydrogens is 365 g/mol. The van der Waals surface area contributed by atoms with Crippen molar-refractivity contribution >= 4 is 5.97 Å². The molecule has 0 heterocycles. The molecule has 0 aliphatic heterocycles. The maximum absolute atomic E-state index is 11.1. The average molecular weight is 400 g/mol. The van der Waals surface area contributed by atoms with Crippen LogP contribution in [0, 0.1) is 0 Å². The zero-order valence-corrected chi connectivity index (χ0v) is 17.6. The van der Waals surface area contributed by atoms with Crippen molar-refractivity contribution in [2.45, 2.75) is 45.7 Å². The quantitative estimate of drug-likeness (QED) is 0.224. The minimum atomic E-state index is -0.326. The summed E-state index contributed by atoms with van der Waals surface area (Å²) in [7, 11) is 0. The third kappa shape index (κ3) is 9.05. The third-order valence-electron chi connectivity index (χ3n) is 5.33. The number of unbranched alkanes of at least 4 members (excludes halogenated alkanes) is 3. The summed E-state index contributed by atoms with van der Waals surface area (Å²) >= 11 is 0. The van der Waals surface area contributed by atoms with E-state index in [1.165, 1.54) is 23.6 Å². The predicted molar refractivity (Wildman–Crippen MR) is 116 cm³/mol. The Hall–Kier alpha value is -2.46. The second-order valence-electron chi connectivity index (χ2n) is 7.45. The highest BCUT2D eigenvalue weighted by Gasteiger charge is 2.25. The first kappa shape index (κ1) is 24.6. The Bertz CT molecular complexity index is 662. The molecule has 29 heavy (non-hydrogen) atoms. The second kappa shape index (κ2) is 13.7. The number of nitrogens with zero attached hydrogens (tertiary/aromatic N) is 1. The minimum absolute atomic E-state index is 0. The van der Waals surface area contributed by atoms with Crippen LogP contribution in [0.25, 0.3) is 0 Å². The van der Waals surface area contributed by atoms with E-state index in [1.807, 2.05) is 0 Å². The number of benzene rings is 2. The molecule has 2 aromatic rings. The molecule has 0 atom stereocenters. The van der Waals surface area contributed by atoms with Crippen LogP contribution in [0.15, 0.2) is 73.3 Å². The fraction of sp³-hybridized carbons (Fsp3) is 0.400. The Labute approximate surface area is 175 Å². The number of hydrogen-bond acceptors (Lipinski definition) is 2. The number of rotatable bonds is 13. The SMILES string of the molecule is C=CC(=O)OCCCCCC[N+](CC)(Cc1ccccc1)Cc1ccccc1.[F-]. The van der Waals surface area contributed by atoms with E-state index in [2.05, 4.69) is 74.2 Å². The molecule has 0 aliphatic rings. The van der Waals surface area contributed by atoms with Crippen molar-refractivity contribution in [2.75, 3.05) is 19.7 Å². The maximum atomic E-state index is 11.1. The Kier molecular flexibility index (Phi) is 11.6. The average Bonchev–Trinajstić information content (AvgIpc) is 2.74. The lowest BCUT2D eigenvalue weighted by Gasteiger charge is -2.38. The van der Waals surface area contributed by atoms with E-state index in [4.69, 9.17) is 4.74 Å². The van der Waals surface area contributed by atoms with Crippen LogP contribution in [-0.4, -0.2) is 30.1 Å². The number of carbonyl (C=O) groups excluding carboxylic acids is 1. The third-order valence-corrected chi connectivity index (χ3v) is 5.33. The standard InChI is InChI=1S/C25H34NO2.FH/c1-3-25(27)28-20-14-6-5-13-19-26(4-2,21-23-15-9-7-10-16-23)22-24-17-11-8-12-18-24;/h3,7-12,15-18H,1,4-6,13-14,19-22H2,2H3;1H/q+1;/p-1. The summed E-state index contributed by atoms with van der Waals surface area (Å²) in [6.07, 6.45) is 5.58. The van der Waals surface area contributed by atoms with Gasteiger partial charge in [-0.2, -0.15) is 0 Å². The number of quaternary nitrogens is 1. The summed E-state index contributed by atoms with van der Waals surface area (Å²) in [5.41, 5.74) is 2.80. The van der Waals surface area contributed by atoms with Crippen molar-refractivity contribution in [3.8, 4) is 0 Å². The van der Waals surface area contributed by atoms with Crippen LogP contribution in [-0.2, 0) is 22.6 Å². The van der Waals surface area contributed by atoms with Gasteiger partial charge in [-0.1, -0.05) is 67.2 Å². The molecule has 0 amide bonds. The number of esters is 1. The number of hydrogen-bond donors (Lipinski definition) is 0. The van der Waals surface area contributed by atoms with Gasteiger partial charge in [0.1, 0.15) is 13.1 Å². The molecule has 0 saturated heterocycles. The molecule has 0 N–H and O–H groups in total. The van der Waals surface area contributed by atoms with Crippen molar-refractivity contribution in [1.29, 1.82) is 0 Å². The topological polar surface area (TPSA) is 26.3 Å². The molecule has 0 saturated carbocycles. The molecule has 158 valence electrons. The van der Waals surface area contributed by atoms with Gasteiger partial charge in [0.15, 0.2) is 0 Å². The Balaban J connectivity index is 0.00000420. The zero-order chi connectivity index (χ0) is 20.1. The van der Waals surface area contributed by atoms with E-state index in [9.17, 15) is 4.79 Å².